The zero-order valence-corrected chi connectivity index (χ0v) is 16.0. The van der Waals surface area contributed by atoms with Crippen molar-refractivity contribution in [3.8, 4) is 5.82 Å². The molecule has 1 aromatic carbocycles. The summed E-state index contributed by atoms with van der Waals surface area (Å²) in [5.74, 6) is -0.416. The highest BCUT2D eigenvalue weighted by Crippen LogP contribution is 2.10. The molecule has 0 aliphatic rings. The highest BCUT2D eigenvalue weighted by Gasteiger charge is 2.06. The van der Waals surface area contributed by atoms with Gasteiger partial charge in [-0.25, -0.2) is 18.4 Å². The zero-order valence-electron chi connectivity index (χ0n) is 16.0. The molecule has 0 radical (unpaired) electrons. The van der Waals surface area contributed by atoms with Gasteiger partial charge in [-0.2, -0.15) is 5.10 Å². The molecule has 0 saturated carbocycles. The molecular formula is C20H22F2N6. The van der Waals surface area contributed by atoms with Crippen LogP contribution in [-0.4, -0.2) is 27.8 Å². The van der Waals surface area contributed by atoms with Crippen LogP contribution in [0, 0.1) is 25.5 Å². The fourth-order valence-corrected chi connectivity index (χ4v) is 2.75. The fraction of sp³-hybridized carbons (Fsp3) is 0.250. The van der Waals surface area contributed by atoms with Gasteiger partial charge >= 0.3 is 0 Å². The van der Waals surface area contributed by atoms with Crippen molar-refractivity contribution in [3.05, 3.63) is 76.7 Å². The highest BCUT2D eigenvalue weighted by molar-refractivity contribution is 5.79. The molecule has 0 aliphatic carbocycles. The van der Waals surface area contributed by atoms with Crippen LogP contribution in [0.5, 0.6) is 0 Å². The van der Waals surface area contributed by atoms with Gasteiger partial charge in [0, 0.05) is 32.0 Å². The number of aryl methyl sites for hydroxylation is 2. The van der Waals surface area contributed by atoms with Gasteiger partial charge in [-0.05, 0) is 49.2 Å². The van der Waals surface area contributed by atoms with Crippen LogP contribution in [0.15, 0.2) is 47.6 Å². The summed E-state index contributed by atoms with van der Waals surface area (Å²) in [5, 5.41) is 10.7. The number of benzene rings is 1. The number of guanidine groups is 1. The predicted octanol–water partition coefficient (Wildman–Crippen LogP) is 3.03. The second kappa shape index (κ2) is 8.60. The Kier molecular flexibility index (Phi) is 5.98. The van der Waals surface area contributed by atoms with Gasteiger partial charge < -0.3 is 10.6 Å². The molecule has 2 heterocycles. The highest BCUT2D eigenvalue weighted by atomic mass is 19.2. The van der Waals surface area contributed by atoms with Crippen LogP contribution in [0.4, 0.5) is 8.78 Å². The molecule has 3 rings (SSSR count). The van der Waals surface area contributed by atoms with Gasteiger partial charge in [0.25, 0.3) is 0 Å². The summed E-state index contributed by atoms with van der Waals surface area (Å²) < 4.78 is 28.1. The third-order valence-electron chi connectivity index (χ3n) is 4.16. The number of pyridine rings is 1. The number of hydrogen-bond acceptors (Lipinski definition) is 3. The van der Waals surface area contributed by atoms with Gasteiger partial charge in [0.15, 0.2) is 23.4 Å². The van der Waals surface area contributed by atoms with Gasteiger partial charge in [-0.1, -0.05) is 12.1 Å². The lowest BCUT2D eigenvalue weighted by molar-refractivity contribution is 0.507. The molecule has 2 aromatic heterocycles. The topological polar surface area (TPSA) is 67.1 Å². The monoisotopic (exact) mass is 384 g/mol. The second-order valence-electron chi connectivity index (χ2n) is 6.39. The Morgan fingerprint density at radius 3 is 2.29 bits per heavy atom. The lowest BCUT2D eigenvalue weighted by Gasteiger charge is -2.12. The first-order chi connectivity index (χ1) is 13.5. The summed E-state index contributed by atoms with van der Waals surface area (Å²) in [6.07, 6.45) is 1.78. The zero-order chi connectivity index (χ0) is 20.1. The average molecular weight is 384 g/mol. The Bertz CT molecular complexity index is 979. The van der Waals surface area contributed by atoms with Crippen molar-refractivity contribution in [2.75, 3.05) is 7.05 Å². The molecule has 28 heavy (non-hydrogen) atoms. The van der Waals surface area contributed by atoms with Crippen molar-refractivity contribution in [2.45, 2.75) is 26.9 Å². The Morgan fingerprint density at radius 1 is 1.00 bits per heavy atom. The van der Waals surface area contributed by atoms with E-state index in [1.165, 1.54) is 6.07 Å². The predicted molar refractivity (Wildman–Crippen MR) is 104 cm³/mol. The molecule has 0 saturated heterocycles. The molecule has 2 N–H and O–H groups in total. The maximum atomic E-state index is 13.3. The van der Waals surface area contributed by atoms with Gasteiger partial charge in [0.05, 0.1) is 5.69 Å². The van der Waals surface area contributed by atoms with Crippen molar-refractivity contribution >= 4 is 5.96 Å². The second-order valence-corrected chi connectivity index (χ2v) is 6.39. The van der Waals surface area contributed by atoms with E-state index in [0.717, 1.165) is 34.9 Å². The number of hydrogen-bond donors (Lipinski definition) is 2. The molecular weight excluding hydrogens is 362 g/mol. The third kappa shape index (κ3) is 4.70. The average Bonchev–Trinajstić information content (AvgIpc) is 3.03. The van der Waals surface area contributed by atoms with Gasteiger partial charge in [-0.15, -0.1) is 0 Å². The fourth-order valence-electron chi connectivity index (χ4n) is 2.75. The van der Waals surface area contributed by atoms with E-state index in [9.17, 15) is 8.78 Å². The van der Waals surface area contributed by atoms with E-state index in [1.807, 2.05) is 32.0 Å². The van der Waals surface area contributed by atoms with E-state index >= 15 is 0 Å². The lowest BCUT2D eigenvalue weighted by Crippen LogP contribution is -2.36. The SMILES string of the molecule is CN=C(NCc1ccc(-n2nc(C)cc2C)nc1)NCc1ccc(F)c(F)c1. The van der Waals surface area contributed by atoms with Crippen molar-refractivity contribution < 1.29 is 8.78 Å². The Hall–Kier alpha value is -3.29. The van der Waals surface area contributed by atoms with E-state index in [0.29, 0.717) is 24.6 Å². The van der Waals surface area contributed by atoms with Crippen LogP contribution >= 0.6 is 0 Å². The first-order valence-corrected chi connectivity index (χ1v) is 8.83. The molecule has 0 amide bonds. The van der Waals surface area contributed by atoms with Crippen LogP contribution in [-0.2, 0) is 13.1 Å². The number of nitrogens with zero attached hydrogens (tertiary/aromatic N) is 4. The summed E-state index contributed by atoms with van der Waals surface area (Å²) in [5.41, 5.74) is 3.57. The van der Waals surface area contributed by atoms with Crippen LogP contribution in [0.25, 0.3) is 5.82 Å². The Balaban J connectivity index is 1.56. The van der Waals surface area contributed by atoms with Crippen LogP contribution in [0.3, 0.4) is 0 Å². The maximum absolute atomic E-state index is 13.3. The molecule has 0 unspecified atom stereocenters. The number of aromatic nitrogens is 3. The number of aliphatic imine (C=N–C) groups is 1. The lowest BCUT2D eigenvalue weighted by atomic mass is 10.2. The van der Waals surface area contributed by atoms with Gasteiger partial charge in [0.1, 0.15) is 0 Å². The molecule has 0 bridgehead atoms. The number of rotatable bonds is 5. The summed E-state index contributed by atoms with van der Waals surface area (Å²) >= 11 is 0. The first kappa shape index (κ1) is 19.5. The summed E-state index contributed by atoms with van der Waals surface area (Å²) in [7, 11) is 1.64. The van der Waals surface area contributed by atoms with E-state index in [4.69, 9.17) is 0 Å². The van der Waals surface area contributed by atoms with Crippen molar-refractivity contribution in [1.82, 2.24) is 25.4 Å². The van der Waals surface area contributed by atoms with Crippen LogP contribution in [0.1, 0.15) is 22.5 Å². The Labute approximate surface area is 162 Å². The molecule has 0 spiro atoms. The van der Waals surface area contributed by atoms with E-state index < -0.39 is 11.6 Å². The molecule has 146 valence electrons. The minimum Gasteiger partial charge on any atom is -0.352 e. The largest absolute Gasteiger partial charge is 0.352 e. The quantitative estimate of drug-likeness (QED) is 0.524. The standard InChI is InChI=1S/C20H22F2N6/c1-13-8-14(2)28(27-13)19-7-5-16(11-24-19)12-26-20(23-3)25-10-15-4-6-17(21)18(22)9-15/h4-9,11H,10,12H2,1-3H3,(H2,23,25,26). The molecule has 0 aliphatic heterocycles. The minimum absolute atomic E-state index is 0.325. The summed E-state index contributed by atoms with van der Waals surface area (Å²) in [4.78, 5) is 8.59. The smallest absolute Gasteiger partial charge is 0.191 e. The van der Waals surface area contributed by atoms with Crippen molar-refractivity contribution in [3.63, 3.8) is 0 Å². The van der Waals surface area contributed by atoms with Crippen molar-refractivity contribution in [1.29, 1.82) is 0 Å². The molecule has 8 heteroatoms. The van der Waals surface area contributed by atoms with Crippen LogP contribution < -0.4 is 10.6 Å². The van der Waals surface area contributed by atoms with Gasteiger partial charge in [-0.3, -0.25) is 4.99 Å². The Morgan fingerprint density at radius 2 is 1.71 bits per heavy atom. The minimum atomic E-state index is -0.865. The molecule has 0 atom stereocenters. The van der Waals surface area contributed by atoms with Crippen LogP contribution in [0.2, 0.25) is 0 Å². The number of halogens is 2. The number of nitrogens with one attached hydrogen (secondary N) is 2. The van der Waals surface area contributed by atoms with E-state index in [-0.39, 0.29) is 0 Å². The molecule has 0 fully saturated rings. The first-order valence-electron chi connectivity index (χ1n) is 8.83. The van der Waals surface area contributed by atoms with Crippen molar-refractivity contribution in [2.24, 2.45) is 4.99 Å². The molecule has 6 nitrogen and oxygen atoms in total. The third-order valence-corrected chi connectivity index (χ3v) is 4.16. The normalized spacial score (nSPS) is 11.5. The summed E-state index contributed by atoms with van der Waals surface area (Å²) in [6, 6.07) is 9.68. The van der Waals surface area contributed by atoms with Gasteiger partial charge in [0.2, 0.25) is 0 Å². The van der Waals surface area contributed by atoms with E-state index in [2.05, 4.69) is 25.7 Å². The van der Waals surface area contributed by atoms with E-state index in [1.54, 1.807) is 17.9 Å². The molecule has 3 aromatic rings. The maximum Gasteiger partial charge on any atom is 0.191 e. The summed E-state index contributed by atoms with van der Waals surface area (Å²) in [6.45, 7) is 4.77.